The quantitative estimate of drug-likeness (QED) is 0.523. The van der Waals surface area contributed by atoms with E-state index in [9.17, 15) is 4.79 Å². The Bertz CT molecular complexity index is 1200. The van der Waals surface area contributed by atoms with Crippen LogP contribution in [-0.4, -0.2) is 47.0 Å². The number of carbonyl (C=O) groups excluding carboxylic acids is 1. The van der Waals surface area contributed by atoms with Gasteiger partial charge in [0.25, 0.3) is 5.91 Å². The summed E-state index contributed by atoms with van der Waals surface area (Å²) in [4.78, 5) is 19.9. The van der Waals surface area contributed by atoms with Crippen LogP contribution in [0.3, 0.4) is 0 Å². The predicted octanol–water partition coefficient (Wildman–Crippen LogP) is 4.02. The summed E-state index contributed by atoms with van der Waals surface area (Å²) in [5.74, 6) is -0.216. The molecule has 1 aliphatic rings. The van der Waals surface area contributed by atoms with Crippen molar-refractivity contribution in [3.8, 4) is 16.9 Å². The molecule has 0 bridgehead atoms. The van der Waals surface area contributed by atoms with Gasteiger partial charge in [-0.25, -0.2) is 4.68 Å². The monoisotopic (exact) mass is 425 g/mol. The van der Waals surface area contributed by atoms with E-state index in [1.807, 2.05) is 66.7 Å². The van der Waals surface area contributed by atoms with Crippen LogP contribution in [0.2, 0.25) is 0 Å². The molecule has 7 heteroatoms. The fraction of sp³-hybridized carbons (Fsp3) is 0.160. The number of hydrogen-bond donors (Lipinski definition) is 1. The van der Waals surface area contributed by atoms with Crippen LogP contribution in [0.5, 0.6) is 0 Å². The summed E-state index contributed by atoms with van der Waals surface area (Å²) in [5, 5.41) is 7.82. The minimum atomic E-state index is -0.216. The Balaban J connectivity index is 1.51. The normalized spacial score (nSPS) is 13.7. The average Bonchev–Trinajstić information content (AvgIpc) is 3.32. The second kappa shape index (κ2) is 9.03. The summed E-state index contributed by atoms with van der Waals surface area (Å²) in [6.07, 6.45) is 5.19. The van der Waals surface area contributed by atoms with Gasteiger partial charge >= 0.3 is 0 Å². The minimum absolute atomic E-state index is 0.216. The standard InChI is InChI=1S/C25H23N5O2/c31-25(27-22-10-4-5-11-23(22)29-13-15-32-16-14-29)21-18-30(20-8-2-1-3-9-20)28-24(21)19-7-6-12-26-17-19/h1-12,17-18H,13-16H2,(H,27,31). The van der Waals surface area contributed by atoms with E-state index in [1.165, 1.54) is 0 Å². The number of rotatable bonds is 5. The number of para-hydroxylation sites is 3. The topological polar surface area (TPSA) is 72.3 Å². The van der Waals surface area contributed by atoms with Crippen molar-refractivity contribution in [2.45, 2.75) is 0 Å². The highest BCUT2D eigenvalue weighted by atomic mass is 16.5. The largest absolute Gasteiger partial charge is 0.378 e. The molecular weight excluding hydrogens is 402 g/mol. The number of ether oxygens (including phenoxy) is 1. The van der Waals surface area contributed by atoms with Crippen LogP contribution in [0.25, 0.3) is 16.9 Å². The van der Waals surface area contributed by atoms with Crippen LogP contribution in [0.4, 0.5) is 11.4 Å². The summed E-state index contributed by atoms with van der Waals surface area (Å²) in [5.41, 5.74) is 4.49. The zero-order valence-corrected chi connectivity index (χ0v) is 17.5. The Morgan fingerprint density at radius 3 is 2.50 bits per heavy atom. The molecule has 1 N–H and O–H groups in total. The molecule has 3 heterocycles. The molecular formula is C25H23N5O2. The first kappa shape index (κ1) is 20.0. The lowest BCUT2D eigenvalue weighted by Gasteiger charge is -2.30. The van der Waals surface area contributed by atoms with Gasteiger partial charge in [-0.1, -0.05) is 30.3 Å². The van der Waals surface area contributed by atoms with Crippen molar-refractivity contribution < 1.29 is 9.53 Å². The van der Waals surface area contributed by atoms with E-state index in [2.05, 4.69) is 15.2 Å². The number of morpholine rings is 1. The van der Waals surface area contributed by atoms with E-state index >= 15 is 0 Å². The Morgan fingerprint density at radius 1 is 0.938 bits per heavy atom. The van der Waals surface area contributed by atoms with Crippen LogP contribution in [0.15, 0.2) is 85.3 Å². The van der Waals surface area contributed by atoms with Crippen LogP contribution < -0.4 is 10.2 Å². The van der Waals surface area contributed by atoms with Gasteiger partial charge in [0.15, 0.2) is 0 Å². The Kier molecular flexibility index (Phi) is 5.63. The summed E-state index contributed by atoms with van der Waals surface area (Å²) in [6, 6.07) is 21.3. The Labute approximate surface area is 186 Å². The number of benzene rings is 2. The molecule has 160 valence electrons. The number of aromatic nitrogens is 3. The minimum Gasteiger partial charge on any atom is -0.378 e. The summed E-state index contributed by atoms with van der Waals surface area (Å²) < 4.78 is 7.20. The highest BCUT2D eigenvalue weighted by Crippen LogP contribution is 2.29. The number of nitrogens with one attached hydrogen (secondary N) is 1. The third-order valence-electron chi connectivity index (χ3n) is 5.42. The molecule has 0 unspecified atom stereocenters. The van der Waals surface area contributed by atoms with Crippen molar-refractivity contribution in [3.05, 3.63) is 90.9 Å². The lowest BCUT2D eigenvalue weighted by molar-refractivity contribution is 0.102. The van der Waals surface area contributed by atoms with E-state index < -0.39 is 0 Å². The molecule has 0 aliphatic carbocycles. The number of pyridine rings is 1. The molecule has 1 saturated heterocycles. The van der Waals surface area contributed by atoms with Crippen molar-refractivity contribution in [2.75, 3.05) is 36.5 Å². The van der Waals surface area contributed by atoms with Crippen molar-refractivity contribution in [2.24, 2.45) is 0 Å². The van der Waals surface area contributed by atoms with E-state index in [4.69, 9.17) is 9.84 Å². The van der Waals surface area contributed by atoms with Gasteiger partial charge in [-0.15, -0.1) is 0 Å². The van der Waals surface area contributed by atoms with E-state index in [0.29, 0.717) is 24.5 Å². The van der Waals surface area contributed by atoms with Gasteiger partial charge in [0.2, 0.25) is 0 Å². The molecule has 0 saturated carbocycles. The molecule has 1 fully saturated rings. The van der Waals surface area contributed by atoms with Crippen molar-refractivity contribution in [1.82, 2.24) is 14.8 Å². The Hall–Kier alpha value is -3.97. The lowest BCUT2D eigenvalue weighted by Crippen LogP contribution is -2.36. The van der Waals surface area contributed by atoms with Gasteiger partial charge in [-0.2, -0.15) is 5.10 Å². The third kappa shape index (κ3) is 4.10. The zero-order chi connectivity index (χ0) is 21.8. The Morgan fingerprint density at radius 2 is 1.72 bits per heavy atom. The van der Waals surface area contributed by atoms with Crippen LogP contribution in [0, 0.1) is 0 Å². The van der Waals surface area contributed by atoms with E-state index in [-0.39, 0.29) is 5.91 Å². The molecule has 5 rings (SSSR count). The van der Waals surface area contributed by atoms with Crippen molar-refractivity contribution in [1.29, 1.82) is 0 Å². The van der Waals surface area contributed by atoms with Crippen molar-refractivity contribution >= 4 is 17.3 Å². The summed E-state index contributed by atoms with van der Waals surface area (Å²) in [7, 11) is 0. The molecule has 7 nitrogen and oxygen atoms in total. The fourth-order valence-electron chi connectivity index (χ4n) is 3.82. The summed E-state index contributed by atoms with van der Waals surface area (Å²) in [6.45, 7) is 2.94. The number of hydrogen-bond acceptors (Lipinski definition) is 5. The number of nitrogens with zero attached hydrogens (tertiary/aromatic N) is 4. The maximum absolute atomic E-state index is 13.5. The molecule has 1 aliphatic heterocycles. The van der Waals surface area contributed by atoms with Gasteiger partial charge < -0.3 is 15.0 Å². The van der Waals surface area contributed by atoms with Crippen LogP contribution in [-0.2, 0) is 4.74 Å². The molecule has 2 aromatic carbocycles. The molecule has 4 aromatic rings. The highest BCUT2D eigenvalue weighted by Gasteiger charge is 2.21. The SMILES string of the molecule is O=C(Nc1ccccc1N1CCOCC1)c1cn(-c2ccccc2)nc1-c1cccnc1. The van der Waals surface area contributed by atoms with E-state index in [0.717, 1.165) is 35.7 Å². The second-order valence-corrected chi connectivity index (χ2v) is 7.48. The average molecular weight is 425 g/mol. The zero-order valence-electron chi connectivity index (χ0n) is 17.5. The smallest absolute Gasteiger partial charge is 0.259 e. The van der Waals surface area contributed by atoms with Crippen LogP contribution in [0.1, 0.15) is 10.4 Å². The highest BCUT2D eigenvalue weighted by molar-refractivity contribution is 6.09. The van der Waals surface area contributed by atoms with Gasteiger partial charge in [0, 0.05) is 37.2 Å². The van der Waals surface area contributed by atoms with Gasteiger partial charge in [0.1, 0.15) is 5.69 Å². The predicted molar refractivity (Wildman–Crippen MR) is 124 cm³/mol. The van der Waals surface area contributed by atoms with E-state index in [1.54, 1.807) is 23.3 Å². The first-order valence-electron chi connectivity index (χ1n) is 10.6. The van der Waals surface area contributed by atoms with Crippen LogP contribution >= 0.6 is 0 Å². The number of anilines is 2. The molecule has 0 spiro atoms. The molecule has 0 radical (unpaired) electrons. The molecule has 2 aromatic heterocycles. The maximum Gasteiger partial charge on any atom is 0.259 e. The van der Waals surface area contributed by atoms with Gasteiger partial charge in [-0.05, 0) is 36.4 Å². The second-order valence-electron chi connectivity index (χ2n) is 7.48. The number of amides is 1. The fourth-order valence-corrected chi connectivity index (χ4v) is 3.82. The van der Waals surface area contributed by atoms with Crippen molar-refractivity contribution in [3.63, 3.8) is 0 Å². The third-order valence-corrected chi connectivity index (χ3v) is 5.42. The maximum atomic E-state index is 13.5. The van der Waals surface area contributed by atoms with Gasteiger partial charge in [-0.3, -0.25) is 9.78 Å². The molecule has 0 atom stereocenters. The van der Waals surface area contributed by atoms with Gasteiger partial charge in [0.05, 0.1) is 35.8 Å². The first-order valence-corrected chi connectivity index (χ1v) is 10.6. The summed E-state index contributed by atoms with van der Waals surface area (Å²) >= 11 is 0. The molecule has 1 amide bonds. The molecule has 32 heavy (non-hydrogen) atoms. The first-order chi connectivity index (χ1) is 15.8. The number of carbonyl (C=O) groups is 1. The lowest BCUT2D eigenvalue weighted by atomic mass is 10.1.